The van der Waals surface area contributed by atoms with E-state index in [0.717, 1.165) is 25.9 Å². The van der Waals surface area contributed by atoms with Crippen LogP contribution in [0.4, 0.5) is 10.1 Å². The van der Waals surface area contributed by atoms with Gasteiger partial charge in [-0.15, -0.1) is 10.2 Å². The summed E-state index contributed by atoms with van der Waals surface area (Å²) in [6, 6.07) is 12.5. The van der Waals surface area contributed by atoms with Crippen LogP contribution in [0.2, 0.25) is 0 Å². The van der Waals surface area contributed by atoms with Crippen molar-refractivity contribution in [2.24, 2.45) is 0 Å². The lowest BCUT2D eigenvalue weighted by atomic mass is 9.97. The van der Waals surface area contributed by atoms with E-state index in [0.29, 0.717) is 28.6 Å². The van der Waals surface area contributed by atoms with Crippen molar-refractivity contribution in [2.45, 2.75) is 18.8 Å². The number of amides is 1. The van der Waals surface area contributed by atoms with Crippen LogP contribution in [-0.2, 0) is 9.53 Å². The molecule has 0 bridgehead atoms. The van der Waals surface area contributed by atoms with Gasteiger partial charge in [-0.1, -0.05) is 0 Å². The van der Waals surface area contributed by atoms with Gasteiger partial charge in [0.1, 0.15) is 5.82 Å². The van der Waals surface area contributed by atoms with E-state index in [-0.39, 0.29) is 24.2 Å². The summed E-state index contributed by atoms with van der Waals surface area (Å²) in [5.41, 5.74) is 1.73. The van der Waals surface area contributed by atoms with E-state index < -0.39 is 5.97 Å². The van der Waals surface area contributed by atoms with Crippen molar-refractivity contribution in [1.82, 2.24) is 15.1 Å². The fourth-order valence-corrected chi connectivity index (χ4v) is 3.66. The molecule has 1 fully saturated rings. The molecule has 32 heavy (non-hydrogen) atoms. The molecule has 166 valence electrons. The number of aromatic nitrogens is 2. The molecule has 0 unspecified atom stereocenters. The van der Waals surface area contributed by atoms with Gasteiger partial charge in [-0.2, -0.15) is 0 Å². The van der Waals surface area contributed by atoms with Crippen LogP contribution in [0.25, 0.3) is 11.5 Å². The van der Waals surface area contributed by atoms with Gasteiger partial charge in [-0.25, -0.2) is 9.18 Å². The first-order valence-corrected chi connectivity index (χ1v) is 10.3. The summed E-state index contributed by atoms with van der Waals surface area (Å²) in [6.45, 7) is 1.73. The Morgan fingerprint density at radius 3 is 2.44 bits per heavy atom. The Kier molecular flexibility index (Phi) is 6.55. The smallest absolute Gasteiger partial charge is 0.337 e. The Hall–Kier alpha value is -3.59. The number of ether oxygens (including phenoxy) is 1. The number of likely N-dealkylation sites (tertiary alicyclic amines) is 1. The highest BCUT2D eigenvalue weighted by atomic mass is 19.1. The van der Waals surface area contributed by atoms with E-state index >= 15 is 0 Å². The Balaban J connectivity index is 1.26. The first-order valence-electron chi connectivity index (χ1n) is 10.3. The molecule has 3 aromatic rings. The lowest BCUT2D eigenvalue weighted by molar-refractivity contribution is -0.117. The Labute approximate surface area is 184 Å². The second kappa shape index (κ2) is 9.69. The SMILES string of the molecule is COC(=O)c1ccc(NC(=O)CN2CCC(c3nnc(-c4ccc(F)cc4)o3)CC2)cc1. The number of carbonyl (C=O) groups is 2. The first-order chi connectivity index (χ1) is 15.5. The molecule has 1 N–H and O–H groups in total. The minimum atomic E-state index is -0.420. The average molecular weight is 438 g/mol. The van der Waals surface area contributed by atoms with Crippen LogP contribution in [0.3, 0.4) is 0 Å². The number of carbonyl (C=O) groups excluding carboxylic acids is 2. The maximum Gasteiger partial charge on any atom is 0.337 e. The standard InChI is InChI=1S/C23H23FN4O4/c1-31-23(30)17-4-8-19(9-5-17)25-20(29)14-28-12-10-16(11-13-28)22-27-26-21(32-22)15-2-6-18(24)7-3-15/h2-9,16H,10-14H2,1H3,(H,25,29). The molecule has 1 aliphatic heterocycles. The Morgan fingerprint density at radius 1 is 1.09 bits per heavy atom. The quantitative estimate of drug-likeness (QED) is 0.589. The highest BCUT2D eigenvalue weighted by Crippen LogP contribution is 2.29. The molecule has 2 aromatic carbocycles. The zero-order valence-electron chi connectivity index (χ0n) is 17.6. The van der Waals surface area contributed by atoms with Gasteiger partial charge >= 0.3 is 5.97 Å². The molecule has 1 saturated heterocycles. The molecule has 1 aliphatic rings. The number of anilines is 1. The predicted octanol–water partition coefficient (Wildman–Crippen LogP) is 3.48. The Morgan fingerprint density at radius 2 is 1.78 bits per heavy atom. The van der Waals surface area contributed by atoms with Crippen molar-refractivity contribution in [2.75, 3.05) is 32.1 Å². The molecule has 0 saturated carbocycles. The molecular formula is C23H23FN4O4. The van der Waals surface area contributed by atoms with Crippen LogP contribution >= 0.6 is 0 Å². The van der Waals surface area contributed by atoms with Crippen molar-refractivity contribution in [1.29, 1.82) is 0 Å². The second-order valence-corrected chi connectivity index (χ2v) is 7.62. The molecule has 0 radical (unpaired) electrons. The van der Waals surface area contributed by atoms with E-state index in [4.69, 9.17) is 4.42 Å². The average Bonchev–Trinajstić information content (AvgIpc) is 3.30. The van der Waals surface area contributed by atoms with Crippen molar-refractivity contribution < 1.29 is 23.1 Å². The number of piperidine rings is 1. The lowest BCUT2D eigenvalue weighted by Gasteiger charge is -2.29. The van der Waals surface area contributed by atoms with E-state index in [1.165, 1.54) is 19.2 Å². The molecule has 2 heterocycles. The van der Waals surface area contributed by atoms with Crippen molar-refractivity contribution in [3.63, 3.8) is 0 Å². The summed E-state index contributed by atoms with van der Waals surface area (Å²) in [6.07, 6.45) is 1.60. The number of halogens is 1. The number of esters is 1. The fourth-order valence-electron chi connectivity index (χ4n) is 3.66. The molecule has 0 aliphatic carbocycles. The van der Waals surface area contributed by atoms with Crippen LogP contribution in [0.1, 0.15) is 35.0 Å². The fraction of sp³-hybridized carbons (Fsp3) is 0.304. The normalized spacial score (nSPS) is 14.8. The third-order valence-corrected chi connectivity index (χ3v) is 5.43. The number of hydrogen-bond acceptors (Lipinski definition) is 7. The van der Waals surface area contributed by atoms with Gasteiger partial charge in [0.15, 0.2) is 0 Å². The topological polar surface area (TPSA) is 97.6 Å². The monoisotopic (exact) mass is 438 g/mol. The third kappa shape index (κ3) is 5.17. The van der Waals surface area contributed by atoms with Crippen LogP contribution in [0.5, 0.6) is 0 Å². The number of rotatable bonds is 6. The molecule has 4 rings (SSSR count). The van der Waals surface area contributed by atoms with Gasteiger partial charge in [0, 0.05) is 17.2 Å². The highest BCUT2D eigenvalue weighted by molar-refractivity contribution is 5.94. The Bertz CT molecular complexity index is 1070. The minimum absolute atomic E-state index is 0.120. The summed E-state index contributed by atoms with van der Waals surface area (Å²) in [4.78, 5) is 25.9. The van der Waals surface area contributed by atoms with Gasteiger partial charge < -0.3 is 14.5 Å². The molecule has 9 heteroatoms. The summed E-state index contributed by atoms with van der Waals surface area (Å²) in [5, 5.41) is 11.1. The maximum absolute atomic E-state index is 13.1. The van der Waals surface area contributed by atoms with Crippen molar-refractivity contribution >= 4 is 17.6 Å². The zero-order valence-corrected chi connectivity index (χ0v) is 17.6. The van der Waals surface area contributed by atoms with Gasteiger partial charge in [0.05, 0.1) is 19.2 Å². The summed E-state index contributed by atoms with van der Waals surface area (Å²) in [5.74, 6) is 0.214. The number of nitrogens with zero attached hydrogens (tertiary/aromatic N) is 3. The molecule has 1 amide bonds. The van der Waals surface area contributed by atoms with Gasteiger partial charge in [-0.05, 0) is 74.5 Å². The highest BCUT2D eigenvalue weighted by Gasteiger charge is 2.26. The van der Waals surface area contributed by atoms with Crippen molar-refractivity contribution in [3.05, 3.63) is 65.8 Å². The molecule has 0 atom stereocenters. The maximum atomic E-state index is 13.1. The van der Waals surface area contributed by atoms with Crippen LogP contribution < -0.4 is 5.32 Å². The number of methoxy groups -OCH3 is 1. The van der Waals surface area contributed by atoms with Crippen LogP contribution in [-0.4, -0.2) is 53.7 Å². The minimum Gasteiger partial charge on any atom is -0.465 e. The van der Waals surface area contributed by atoms with Crippen LogP contribution in [0.15, 0.2) is 52.9 Å². The molecule has 0 spiro atoms. The largest absolute Gasteiger partial charge is 0.465 e. The van der Waals surface area contributed by atoms with Crippen LogP contribution in [0, 0.1) is 5.82 Å². The first kappa shape index (κ1) is 21.6. The second-order valence-electron chi connectivity index (χ2n) is 7.62. The molecule has 1 aromatic heterocycles. The van der Waals surface area contributed by atoms with Crippen molar-refractivity contribution in [3.8, 4) is 11.5 Å². The zero-order chi connectivity index (χ0) is 22.5. The summed E-state index contributed by atoms with van der Waals surface area (Å²) < 4.78 is 23.6. The summed E-state index contributed by atoms with van der Waals surface area (Å²) in [7, 11) is 1.32. The lowest BCUT2D eigenvalue weighted by Crippen LogP contribution is -2.38. The summed E-state index contributed by atoms with van der Waals surface area (Å²) >= 11 is 0. The van der Waals surface area contributed by atoms with E-state index in [2.05, 4.69) is 25.2 Å². The van der Waals surface area contributed by atoms with Gasteiger partial charge in [0.2, 0.25) is 17.7 Å². The third-order valence-electron chi connectivity index (χ3n) is 5.43. The number of nitrogens with one attached hydrogen (secondary N) is 1. The van der Waals surface area contributed by atoms with Gasteiger partial charge in [0.25, 0.3) is 0 Å². The number of benzene rings is 2. The van der Waals surface area contributed by atoms with Gasteiger partial charge in [-0.3, -0.25) is 9.69 Å². The molecule has 8 nitrogen and oxygen atoms in total. The predicted molar refractivity (Wildman–Crippen MR) is 115 cm³/mol. The number of hydrogen-bond donors (Lipinski definition) is 1. The van der Waals surface area contributed by atoms with E-state index in [1.807, 2.05) is 0 Å². The molecular weight excluding hydrogens is 415 g/mol. The van der Waals surface area contributed by atoms with E-state index in [1.54, 1.807) is 36.4 Å². The van der Waals surface area contributed by atoms with E-state index in [9.17, 15) is 14.0 Å².